The minimum absolute atomic E-state index is 0.0921. The van der Waals surface area contributed by atoms with Crippen LogP contribution in [-0.4, -0.2) is 42.1 Å². The van der Waals surface area contributed by atoms with Gasteiger partial charge in [0.15, 0.2) is 0 Å². The van der Waals surface area contributed by atoms with Gasteiger partial charge in [-0.1, -0.05) is 25.1 Å². The van der Waals surface area contributed by atoms with Gasteiger partial charge in [0.2, 0.25) is 0 Å². The molecule has 0 radical (unpaired) electrons. The summed E-state index contributed by atoms with van der Waals surface area (Å²) in [4.78, 5) is 0. The molecule has 0 aliphatic heterocycles. The Morgan fingerprint density at radius 2 is 2.05 bits per heavy atom. The predicted octanol–water partition coefficient (Wildman–Crippen LogP) is 1.35. The third kappa shape index (κ3) is 6.05. The maximum absolute atomic E-state index is 10.2. The molecule has 0 heterocycles. The van der Waals surface area contributed by atoms with Gasteiger partial charge in [0.25, 0.3) is 0 Å². The van der Waals surface area contributed by atoms with Crippen molar-refractivity contribution in [1.29, 1.82) is 0 Å². The van der Waals surface area contributed by atoms with Gasteiger partial charge in [0, 0.05) is 13.2 Å². The number of rotatable bonds is 9. The average molecular weight is 267 g/mol. The van der Waals surface area contributed by atoms with Crippen LogP contribution in [0.2, 0.25) is 0 Å². The third-order valence-corrected chi connectivity index (χ3v) is 2.82. The molecule has 0 bridgehead atoms. The Bertz CT molecular complexity index is 366. The van der Waals surface area contributed by atoms with Crippen LogP contribution in [0, 0.1) is 0 Å². The highest BCUT2D eigenvalue weighted by Gasteiger charge is 2.21. The molecule has 0 amide bonds. The van der Waals surface area contributed by atoms with E-state index in [9.17, 15) is 5.11 Å². The quantitative estimate of drug-likeness (QED) is 0.591. The molecule has 4 nitrogen and oxygen atoms in total. The van der Waals surface area contributed by atoms with Crippen LogP contribution in [0.3, 0.4) is 0 Å². The fraction of sp³-hybridized carbons (Fsp3) is 0.600. The first-order valence-corrected chi connectivity index (χ1v) is 6.83. The summed E-state index contributed by atoms with van der Waals surface area (Å²) in [5.41, 5.74) is 0.0592. The lowest BCUT2D eigenvalue weighted by Crippen LogP contribution is -2.43. The lowest BCUT2D eigenvalue weighted by Gasteiger charge is -2.24. The zero-order valence-corrected chi connectivity index (χ0v) is 11.9. The van der Waals surface area contributed by atoms with Gasteiger partial charge in [-0.2, -0.15) is 0 Å². The topological polar surface area (TPSA) is 61.7 Å². The molecule has 0 spiro atoms. The zero-order chi connectivity index (χ0) is 14.1. The van der Waals surface area contributed by atoms with E-state index < -0.39 is 5.60 Å². The Morgan fingerprint density at radius 1 is 1.32 bits per heavy atom. The van der Waals surface area contributed by atoms with E-state index >= 15 is 0 Å². The molecule has 4 heteroatoms. The standard InChI is InChI=1S/C15H25NO3/c1-3-9-16-11-15(2,18)12-19-14-7-5-4-6-13(14)8-10-17/h4-7,16-18H,3,8-12H2,1-2H3. The highest BCUT2D eigenvalue weighted by molar-refractivity contribution is 5.33. The molecule has 0 fully saturated rings. The molecular weight excluding hydrogens is 242 g/mol. The van der Waals surface area contributed by atoms with Gasteiger partial charge >= 0.3 is 0 Å². The Hall–Kier alpha value is -1.10. The molecule has 1 aromatic rings. The molecule has 3 N–H and O–H groups in total. The number of ether oxygens (including phenoxy) is 1. The van der Waals surface area contributed by atoms with Gasteiger partial charge in [-0.25, -0.2) is 0 Å². The van der Waals surface area contributed by atoms with Crippen LogP contribution in [-0.2, 0) is 6.42 Å². The van der Waals surface area contributed by atoms with Crippen molar-refractivity contribution in [3.8, 4) is 5.75 Å². The van der Waals surface area contributed by atoms with Crippen molar-refractivity contribution in [3.63, 3.8) is 0 Å². The second-order valence-electron chi connectivity index (χ2n) is 5.04. The van der Waals surface area contributed by atoms with Crippen LogP contribution in [0.25, 0.3) is 0 Å². The average Bonchev–Trinajstić information content (AvgIpc) is 2.38. The van der Waals surface area contributed by atoms with Crippen LogP contribution >= 0.6 is 0 Å². The third-order valence-electron chi connectivity index (χ3n) is 2.82. The zero-order valence-electron chi connectivity index (χ0n) is 11.9. The molecule has 0 aromatic heterocycles. The molecule has 0 aliphatic carbocycles. The molecule has 0 aliphatic rings. The summed E-state index contributed by atoms with van der Waals surface area (Å²) in [6.45, 7) is 5.55. The van der Waals surface area contributed by atoms with E-state index in [0.29, 0.717) is 13.0 Å². The lowest BCUT2D eigenvalue weighted by molar-refractivity contribution is 0.0121. The Morgan fingerprint density at radius 3 is 2.74 bits per heavy atom. The summed E-state index contributed by atoms with van der Waals surface area (Å²) in [6.07, 6.45) is 1.60. The smallest absolute Gasteiger partial charge is 0.122 e. The summed E-state index contributed by atoms with van der Waals surface area (Å²) in [6, 6.07) is 7.59. The van der Waals surface area contributed by atoms with Crippen molar-refractivity contribution in [2.75, 3.05) is 26.3 Å². The summed E-state index contributed by atoms with van der Waals surface area (Å²) in [5.74, 6) is 0.729. The number of para-hydroxylation sites is 1. The molecule has 0 saturated heterocycles. The van der Waals surface area contributed by atoms with Crippen molar-refractivity contribution >= 4 is 0 Å². The van der Waals surface area contributed by atoms with E-state index in [4.69, 9.17) is 9.84 Å². The van der Waals surface area contributed by atoms with E-state index in [1.807, 2.05) is 24.3 Å². The molecule has 1 atom stereocenters. The highest BCUT2D eigenvalue weighted by Crippen LogP contribution is 2.19. The van der Waals surface area contributed by atoms with Gasteiger partial charge in [-0.15, -0.1) is 0 Å². The van der Waals surface area contributed by atoms with Crippen molar-refractivity contribution < 1.29 is 14.9 Å². The van der Waals surface area contributed by atoms with Crippen molar-refractivity contribution in [2.24, 2.45) is 0 Å². The van der Waals surface area contributed by atoms with Crippen LogP contribution in [0.15, 0.2) is 24.3 Å². The van der Waals surface area contributed by atoms with Gasteiger partial charge in [-0.05, 0) is 37.9 Å². The summed E-state index contributed by atoms with van der Waals surface area (Å²) in [5, 5.41) is 22.4. The van der Waals surface area contributed by atoms with E-state index in [1.54, 1.807) is 6.92 Å². The van der Waals surface area contributed by atoms with Crippen LogP contribution in [0.4, 0.5) is 0 Å². The number of aliphatic hydroxyl groups excluding tert-OH is 1. The molecule has 108 valence electrons. The van der Waals surface area contributed by atoms with Crippen LogP contribution in [0.1, 0.15) is 25.8 Å². The maximum Gasteiger partial charge on any atom is 0.122 e. The number of benzene rings is 1. The second kappa shape index (κ2) is 8.15. The molecular formula is C15H25NO3. The Kier molecular flexibility index (Phi) is 6.84. The summed E-state index contributed by atoms with van der Waals surface area (Å²) in [7, 11) is 0. The van der Waals surface area contributed by atoms with Gasteiger partial charge in [-0.3, -0.25) is 0 Å². The van der Waals surface area contributed by atoms with Gasteiger partial charge in [0.05, 0.1) is 0 Å². The lowest BCUT2D eigenvalue weighted by atomic mass is 10.1. The monoisotopic (exact) mass is 267 g/mol. The second-order valence-corrected chi connectivity index (χ2v) is 5.04. The Labute approximate surface area is 115 Å². The van der Waals surface area contributed by atoms with E-state index in [0.717, 1.165) is 24.3 Å². The van der Waals surface area contributed by atoms with E-state index in [1.165, 1.54) is 0 Å². The summed E-state index contributed by atoms with van der Waals surface area (Å²) < 4.78 is 5.68. The number of aliphatic hydroxyl groups is 2. The van der Waals surface area contributed by atoms with E-state index in [-0.39, 0.29) is 13.2 Å². The van der Waals surface area contributed by atoms with Crippen LogP contribution < -0.4 is 10.1 Å². The van der Waals surface area contributed by atoms with Crippen molar-refractivity contribution in [1.82, 2.24) is 5.32 Å². The minimum atomic E-state index is -0.901. The highest BCUT2D eigenvalue weighted by atomic mass is 16.5. The first-order valence-electron chi connectivity index (χ1n) is 6.83. The van der Waals surface area contributed by atoms with Crippen molar-refractivity contribution in [2.45, 2.75) is 32.3 Å². The van der Waals surface area contributed by atoms with Crippen LogP contribution in [0.5, 0.6) is 5.75 Å². The molecule has 1 rings (SSSR count). The Balaban J connectivity index is 2.50. The molecule has 1 unspecified atom stereocenters. The fourth-order valence-electron chi connectivity index (χ4n) is 1.79. The van der Waals surface area contributed by atoms with E-state index in [2.05, 4.69) is 12.2 Å². The minimum Gasteiger partial charge on any atom is -0.490 e. The first kappa shape index (κ1) is 16.0. The SMILES string of the molecule is CCCNCC(C)(O)COc1ccccc1CCO. The normalized spacial score (nSPS) is 14.1. The first-order chi connectivity index (χ1) is 9.09. The van der Waals surface area contributed by atoms with Gasteiger partial charge < -0.3 is 20.3 Å². The summed E-state index contributed by atoms with van der Waals surface area (Å²) >= 11 is 0. The molecule has 1 aromatic carbocycles. The van der Waals surface area contributed by atoms with Gasteiger partial charge in [0.1, 0.15) is 18.0 Å². The maximum atomic E-state index is 10.2. The largest absolute Gasteiger partial charge is 0.490 e. The fourth-order valence-corrected chi connectivity index (χ4v) is 1.79. The molecule has 19 heavy (non-hydrogen) atoms. The number of nitrogens with one attached hydrogen (secondary N) is 1. The number of hydrogen-bond donors (Lipinski definition) is 3. The van der Waals surface area contributed by atoms with Crippen molar-refractivity contribution in [3.05, 3.63) is 29.8 Å². The predicted molar refractivity (Wildman–Crippen MR) is 76.5 cm³/mol. The molecule has 0 saturated carbocycles. The number of hydrogen-bond acceptors (Lipinski definition) is 4.